The lowest BCUT2D eigenvalue weighted by Crippen LogP contribution is -2.46. The van der Waals surface area contributed by atoms with Crippen LogP contribution in [0, 0.1) is 0 Å². The lowest BCUT2D eigenvalue weighted by Gasteiger charge is -2.30. The molecule has 2 rings (SSSR count). The summed E-state index contributed by atoms with van der Waals surface area (Å²) in [6.45, 7) is 7.90. The maximum absolute atomic E-state index is 11.9. The summed E-state index contributed by atoms with van der Waals surface area (Å²) in [5, 5.41) is 3.39. The van der Waals surface area contributed by atoms with E-state index >= 15 is 0 Å². The third kappa shape index (κ3) is 3.01. The second-order valence-corrected chi connectivity index (χ2v) is 5.48. The third-order valence-corrected chi connectivity index (χ3v) is 2.80. The first kappa shape index (κ1) is 12.9. The molecule has 0 bridgehead atoms. The van der Waals surface area contributed by atoms with Crippen molar-refractivity contribution in [3.8, 4) is 5.75 Å². The van der Waals surface area contributed by atoms with Gasteiger partial charge in [-0.05, 0) is 32.9 Å². The number of hydrogen-bond donors (Lipinski definition) is 1. The molecule has 0 aliphatic carbocycles. The molecule has 1 aromatic carbocycles. The fourth-order valence-corrected chi connectivity index (χ4v) is 1.94. The minimum Gasteiger partial charge on any atom is -0.482 e. The van der Waals surface area contributed by atoms with Gasteiger partial charge in [0.05, 0.1) is 5.69 Å². The smallest absolute Gasteiger partial charge is 0.265 e. The molecule has 0 radical (unpaired) electrons. The maximum Gasteiger partial charge on any atom is 0.265 e. The van der Waals surface area contributed by atoms with E-state index in [0.717, 1.165) is 18.0 Å². The SMILES string of the molecule is CC(C)(C)NCCN1C(=O)COc2ccccc21. The number of hydrogen-bond acceptors (Lipinski definition) is 3. The van der Waals surface area contributed by atoms with Crippen LogP contribution >= 0.6 is 0 Å². The molecule has 0 spiro atoms. The molecule has 0 saturated heterocycles. The van der Waals surface area contributed by atoms with Crippen molar-refractivity contribution in [1.29, 1.82) is 0 Å². The molecule has 1 aliphatic rings. The Labute approximate surface area is 108 Å². The van der Waals surface area contributed by atoms with Crippen molar-refractivity contribution in [2.75, 3.05) is 24.6 Å². The normalized spacial score (nSPS) is 15.3. The topological polar surface area (TPSA) is 41.6 Å². The molecule has 4 nitrogen and oxygen atoms in total. The van der Waals surface area contributed by atoms with Gasteiger partial charge < -0.3 is 15.0 Å². The van der Waals surface area contributed by atoms with Gasteiger partial charge in [0.15, 0.2) is 6.61 Å². The fraction of sp³-hybridized carbons (Fsp3) is 0.500. The summed E-state index contributed by atoms with van der Waals surface area (Å²) in [5.41, 5.74) is 0.930. The van der Waals surface area contributed by atoms with E-state index in [1.165, 1.54) is 0 Å². The highest BCUT2D eigenvalue weighted by Crippen LogP contribution is 2.30. The van der Waals surface area contributed by atoms with Gasteiger partial charge in [0, 0.05) is 18.6 Å². The number of fused-ring (bicyclic) bond motifs is 1. The maximum atomic E-state index is 11.9. The van der Waals surface area contributed by atoms with Crippen molar-refractivity contribution in [2.24, 2.45) is 0 Å². The highest BCUT2D eigenvalue weighted by Gasteiger charge is 2.24. The van der Waals surface area contributed by atoms with Crippen molar-refractivity contribution >= 4 is 11.6 Å². The first-order valence-electron chi connectivity index (χ1n) is 6.24. The predicted molar refractivity (Wildman–Crippen MR) is 72.0 cm³/mol. The highest BCUT2D eigenvalue weighted by atomic mass is 16.5. The number of carbonyl (C=O) groups is 1. The number of nitrogens with zero attached hydrogens (tertiary/aromatic N) is 1. The summed E-state index contributed by atoms with van der Waals surface area (Å²) in [7, 11) is 0. The van der Waals surface area contributed by atoms with Crippen LogP contribution in [0.1, 0.15) is 20.8 Å². The van der Waals surface area contributed by atoms with Crippen molar-refractivity contribution < 1.29 is 9.53 Å². The zero-order valence-corrected chi connectivity index (χ0v) is 11.2. The largest absolute Gasteiger partial charge is 0.482 e. The van der Waals surface area contributed by atoms with E-state index < -0.39 is 0 Å². The fourth-order valence-electron chi connectivity index (χ4n) is 1.94. The van der Waals surface area contributed by atoms with E-state index in [-0.39, 0.29) is 18.1 Å². The number of benzene rings is 1. The van der Waals surface area contributed by atoms with E-state index in [0.29, 0.717) is 6.54 Å². The number of rotatable bonds is 3. The zero-order valence-electron chi connectivity index (χ0n) is 11.2. The van der Waals surface area contributed by atoms with Gasteiger partial charge in [0.1, 0.15) is 5.75 Å². The lowest BCUT2D eigenvalue weighted by molar-refractivity contribution is -0.121. The Kier molecular flexibility index (Phi) is 3.57. The summed E-state index contributed by atoms with van der Waals surface area (Å²) in [6.07, 6.45) is 0. The van der Waals surface area contributed by atoms with Gasteiger partial charge in [-0.15, -0.1) is 0 Å². The molecule has 0 unspecified atom stereocenters. The Hall–Kier alpha value is -1.55. The second kappa shape index (κ2) is 4.98. The van der Waals surface area contributed by atoms with E-state index in [4.69, 9.17) is 4.74 Å². The minimum atomic E-state index is 0.0180. The molecule has 1 amide bonds. The van der Waals surface area contributed by atoms with E-state index in [9.17, 15) is 4.79 Å². The molecule has 1 aromatic rings. The van der Waals surface area contributed by atoms with E-state index in [2.05, 4.69) is 26.1 Å². The average molecular weight is 248 g/mol. The van der Waals surface area contributed by atoms with Crippen molar-refractivity contribution in [1.82, 2.24) is 5.32 Å². The second-order valence-electron chi connectivity index (χ2n) is 5.48. The number of carbonyl (C=O) groups excluding carboxylic acids is 1. The van der Waals surface area contributed by atoms with Gasteiger partial charge in [0.2, 0.25) is 0 Å². The van der Waals surface area contributed by atoms with Crippen LogP contribution in [0.15, 0.2) is 24.3 Å². The van der Waals surface area contributed by atoms with Crippen molar-refractivity contribution in [2.45, 2.75) is 26.3 Å². The van der Waals surface area contributed by atoms with Crippen LogP contribution in [0.4, 0.5) is 5.69 Å². The molecule has 1 heterocycles. The first-order valence-corrected chi connectivity index (χ1v) is 6.24. The Bertz CT molecular complexity index is 438. The molecule has 18 heavy (non-hydrogen) atoms. The monoisotopic (exact) mass is 248 g/mol. The van der Waals surface area contributed by atoms with Crippen molar-refractivity contribution in [3.05, 3.63) is 24.3 Å². The Morgan fingerprint density at radius 3 is 2.78 bits per heavy atom. The minimum absolute atomic E-state index is 0.0180. The number of nitrogens with one attached hydrogen (secondary N) is 1. The number of ether oxygens (including phenoxy) is 1. The Morgan fingerprint density at radius 1 is 1.33 bits per heavy atom. The quantitative estimate of drug-likeness (QED) is 0.887. The van der Waals surface area contributed by atoms with Crippen LogP contribution in [0.5, 0.6) is 5.75 Å². The summed E-state index contributed by atoms with van der Waals surface area (Å²) < 4.78 is 5.40. The number of anilines is 1. The molecule has 0 fully saturated rings. The molecular formula is C14H20N2O2. The molecule has 0 saturated carbocycles. The van der Waals surface area contributed by atoms with Crippen LogP contribution in [0.25, 0.3) is 0 Å². The van der Waals surface area contributed by atoms with Crippen molar-refractivity contribution in [3.63, 3.8) is 0 Å². The van der Waals surface area contributed by atoms with E-state index in [1.54, 1.807) is 4.90 Å². The molecule has 0 aromatic heterocycles. The highest BCUT2D eigenvalue weighted by molar-refractivity contribution is 5.97. The van der Waals surface area contributed by atoms with Crippen LogP contribution in [-0.4, -0.2) is 31.1 Å². The molecule has 4 heteroatoms. The molecule has 1 N–H and O–H groups in total. The van der Waals surface area contributed by atoms with Crippen LogP contribution in [0.3, 0.4) is 0 Å². The zero-order chi connectivity index (χ0) is 13.2. The average Bonchev–Trinajstić information content (AvgIpc) is 2.31. The summed E-state index contributed by atoms with van der Waals surface area (Å²) >= 11 is 0. The lowest BCUT2D eigenvalue weighted by atomic mass is 10.1. The van der Waals surface area contributed by atoms with Gasteiger partial charge >= 0.3 is 0 Å². The predicted octanol–water partition coefficient (Wildman–Crippen LogP) is 1.80. The van der Waals surface area contributed by atoms with E-state index in [1.807, 2.05) is 24.3 Å². The van der Waals surface area contributed by atoms with Gasteiger partial charge in [-0.25, -0.2) is 0 Å². The van der Waals surface area contributed by atoms with Gasteiger partial charge in [-0.3, -0.25) is 4.79 Å². The number of para-hydroxylation sites is 2. The third-order valence-electron chi connectivity index (χ3n) is 2.80. The molecule has 0 atom stereocenters. The molecule has 1 aliphatic heterocycles. The molecule has 98 valence electrons. The summed E-state index contributed by atoms with van der Waals surface area (Å²) in [6, 6.07) is 7.65. The van der Waals surface area contributed by atoms with Gasteiger partial charge in [-0.1, -0.05) is 12.1 Å². The molecular weight excluding hydrogens is 228 g/mol. The summed E-state index contributed by atoms with van der Waals surface area (Å²) in [4.78, 5) is 13.7. The van der Waals surface area contributed by atoms with Crippen LogP contribution in [-0.2, 0) is 4.79 Å². The first-order chi connectivity index (χ1) is 8.47. The number of amides is 1. The van der Waals surface area contributed by atoms with Gasteiger partial charge in [0.25, 0.3) is 5.91 Å². The van der Waals surface area contributed by atoms with Gasteiger partial charge in [-0.2, -0.15) is 0 Å². The Balaban J connectivity index is 2.05. The summed E-state index contributed by atoms with van der Waals surface area (Å²) in [5.74, 6) is 0.803. The van der Waals surface area contributed by atoms with Crippen LogP contribution < -0.4 is 15.0 Å². The standard InChI is InChI=1S/C14H20N2O2/c1-14(2,3)15-8-9-16-11-6-4-5-7-12(11)18-10-13(16)17/h4-7,15H,8-10H2,1-3H3. The Morgan fingerprint density at radius 2 is 2.06 bits per heavy atom. The van der Waals surface area contributed by atoms with Crippen LogP contribution in [0.2, 0.25) is 0 Å².